The van der Waals surface area contributed by atoms with Crippen molar-refractivity contribution in [1.82, 2.24) is 10.3 Å². The normalized spacial score (nSPS) is 16.0. The summed E-state index contributed by atoms with van der Waals surface area (Å²) in [5.74, 6) is -1.11. The molecule has 142 valence electrons. The van der Waals surface area contributed by atoms with Crippen molar-refractivity contribution in [3.05, 3.63) is 29.3 Å². The highest BCUT2D eigenvalue weighted by Crippen LogP contribution is 2.22. The molecule has 0 saturated carbocycles. The fraction of sp³-hybridized carbons (Fsp3) is 0.353. The number of carbonyl (C=O) groups is 3. The molecule has 3 N–H and O–H groups in total. The molecule has 1 unspecified atom stereocenters. The van der Waals surface area contributed by atoms with Crippen molar-refractivity contribution in [3.63, 3.8) is 0 Å². The number of carbonyl (C=O) groups excluding carboxylic acids is 3. The Morgan fingerprint density at radius 2 is 1.85 bits per heavy atom. The van der Waals surface area contributed by atoms with Crippen LogP contribution in [-0.4, -0.2) is 40.7 Å². The molecule has 2 heterocycles. The number of anilines is 3. The van der Waals surface area contributed by atoms with Crippen molar-refractivity contribution in [2.24, 2.45) is 0 Å². The summed E-state index contributed by atoms with van der Waals surface area (Å²) in [6, 6.07) is 4.89. The minimum Gasteiger partial charge on any atom is -0.368 e. The lowest BCUT2D eigenvalue weighted by Gasteiger charge is -2.13. The van der Waals surface area contributed by atoms with E-state index in [2.05, 4.69) is 30.9 Å². The summed E-state index contributed by atoms with van der Waals surface area (Å²) in [6.07, 6.45) is 1.06. The Balaban J connectivity index is 1.73. The zero-order valence-corrected chi connectivity index (χ0v) is 14.9. The second kappa shape index (κ2) is 7.96. The van der Waals surface area contributed by atoms with Gasteiger partial charge in [0.2, 0.25) is 17.5 Å². The van der Waals surface area contributed by atoms with Gasteiger partial charge in [-0.3, -0.25) is 14.4 Å². The largest absolute Gasteiger partial charge is 0.368 e. The number of amides is 3. The predicted molar refractivity (Wildman–Crippen MR) is 95.3 cm³/mol. The molecule has 0 radical (unpaired) electrons. The maximum atomic E-state index is 12.5. The minimum absolute atomic E-state index is 0.00914. The molecule has 1 fully saturated rings. The molecule has 3 amide bonds. The molecule has 1 atom stereocenters. The summed E-state index contributed by atoms with van der Waals surface area (Å²) in [5, 5.41) is 14.8. The van der Waals surface area contributed by atoms with Crippen molar-refractivity contribution in [2.75, 3.05) is 22.6 Å². The standard InChI is InChI=1S/C17H19N5O5/c1-9-5-6-11(8-12(9)19-17(25)13-4-3-7-26-13)16(24)20-15-14(18-10(2)23)21-27-22-15/h5-6,8,13H,3-4,7H2,1-2H3,(H,19,25)(H,18,21,23)(H,20,22,24). The number of benzene rings is 1. The molecule has 1 aliphatic rings. The molecular formula is C17H19N5O5. The number of rotatable bonds is 5. The third-order valence-electron chi connectivity index (χ3n) is 3.99. The second-order valence-corrected chi connectivity index (χ2v) is 6.12. The van der Waals surface area contributed by atoms with Gasteiger partial charge in [-0.05, 0) is 47.8 Å². The van der Waals surface area contributed by atoms with E-state index in [0.717, 1.165) is 12.0 Å². The van der Waals surface area contributed by atoms with Crippen LogP contribution in [0.15, 0.2) is 22.8 Å². The zero-order chi connectivity index (χ0) is 19.4. The summed E-state index contributed by atoms with van der Waals surface area (Å²) >= 11 is 0. The van der Waals surface area contributed by atoms with Crippen LogP contribution in [0.5, 0.6) is 0 Å². The van der Waals surface area contributed by atoms with Gasteiger partial charge in [-0.15, -0.1) is 0 Å². The van der Waals surface area contributed by atoms with E-state index in [1.165, 1.54) is 6.92 Å². The molecule has 1 aliphatic heterocycles. The summed E-state index contributed by atoms with van der Waals surface area (Å²) in [5.41, 5.74) is 1.61. The third-order valence-corrected chi connectivity index (χ3v) is 3.99. The van der Waals surface area contributed by atoms with Crippen LogP contribution in [0.1, 0.15) is 35.7 Å². The first kappa shape index (κ1) is 18.5. The molecule has 1 aromatic carbocycles. The Labute approximate surface area is 154 Å². The van der Waals surface area contributed by atoms with E-state index in [0.29, 0.717) is 24.3 Å². The first-order chi connectivity index (χ1) is 12.9. The molecule has 0 spiro atoms. The van der Waals surface area contributed by atoms with Crippen LogP contribution < -0.4 is 16.0 Å². The van der Waals surface area contributed by atoms with Gasteiger partial charge in [-0.1, -0.05) is 6.07 Å². The van der Waals surface area contributed by atoms with Crippen molar-refractivity contribution in [1.29, 1.82) is 0 Å². The highest BCUT2D eigenvalue weighted by Gasteiger charge is 2.24. The van der Waals surface area contributed by atoms with Crippen molar-refractivity contribution in [2.45, 2.75) is 32.8 Å². The molecule has 10 heteroatoms. The fourth-order valence-electron chi connectivity index (χ4n) is 2.59. The highest BCUT2D eigenvalue weighted by atomic mass is 16.6. The molecule has 0 aliphatic carbocycles. The summed E-state index contributed by atoms with van der Waals surface area (Å²) in [6.45, 7) is 3.69. The van der Waals surface area contributed by atoms with Crippen LogP contribution in [0.25, 0.3) is 0 Å². The van der Waals surface area contributed by atoms with Gasteiger partial charge in [-0.25, -0.2) is 4.63 Å². The average molecular weight is 373 g/mol. The van der Waals surface area contributed by atoms with Gasteiger partial charge in [0, 0.05) is 24.8 Å². The maximum absolute atomic E-state index is 12.5. The number of aromatic nitrogens is 2. The number of hydrogen-bond donors (Lipinski definition) is 3. The van der Waals surface area contributed by atoms with Gasteiger partial charge < -0.3 is 20.7 Å². The second-order valence-electron chi connectivity index (χ2n) is 6.12. The van der Waals surface area contributed by atoms with E-state index < -0.39 is 12.0 Å². The fourth-order valence-corrected chi connectivity index (χ4v) is 2.59. The molecule has 1 aromatic heterocycles. The van der Waals surface area contributed by atoms with Crippen molar-refractivity contribution < 1.29 is 23.7 Å². The Morgan fingerprint density at radius 3 is 2.52 bits per heavy atom. The SMILES string of the molecule is CC(=O)Nc1nonc1NC(=O)c1ccc(C)c(NC(=O)C2CCCO2)c1. The van der Waals surface area contributed by atoms with E-state index in [4.69, 9.17) is 4.74 Å². The molecule has 10 nitrogen and oxygen atoms in total. The van der Waals surface area contributed by atoms with Gasteiger partial charge in [0.15, 0.2) is 0 Å². The van der Waals surface area contributed by atoms with Crippen LogP contribution in [0.2, 0.25) is 0 Å². The van der Waals surface area contributed by atoms with Gasteiger partial charge in [0.05, 0.1) is 0 Å². The van der Waals surface area contributed by atoms with Crippen LogP contribution >= 0.6 is 0 Å². The molecule has 3 rings (SSSR count). The third kappa shape index (κ3) is 4.47. The summed E-state index contributed by atoms with van der Waals surface area (Å²) in [4.78, 5) is 35.9. The number of nitrogens with zero attached hydrogens (tertiary/aromatic N) is 2. The maximum Gasteiger partial charge on any atom is 0.257 e. The first-order valence-corrected chi connectivity index (χ1v) is 8.38. The first-order valence-electron chi connectivity index (χ1n) is 8.38. The highest BCUT2D eigenvalue weighted by molar-refractivity contribution is 6.07. The van der Waals surface area contributed by atoms with E-state index in [1.54, 1.807) is 18.2 Å². The smallest absolute Gasteiger partial charge is 0.257 e. The quantitative estimate of drug-likeness (QED) is 0.726. The van der Waals surface area contributed by atoms with Crippen LogP contribution in [-0.2, 0) is 14.3 Å². The average Bonchev–Trinajstić information content (AvgIpc) is 3.29. The molecule has 27 heavy (non-hydrogen) atoms. The molecular weight excluding hydrogens is 354 g/mol. The number of nitrogens with one attached hydrogen (secondary N) is 3. The monoisotopic (exact) mass is 373 g/mol. The number of aryl methyl sites for hydroxylation is 1. The molecule has 0 bridgehead atoms. The topological polar surface area (TPSA) is 135 Å². The zero-order valence-electron chi connectivity index (χ0n) is 14.9. The lowest BCUT2D eigenvalue weighted by atomic mass is 10.1. The van der Waals surface area contributed by atoms with E-state index in [9.17, 15) is 14.4 Å². The minimum atomic E-state index is -0.495. The van der Waals surface area contributed by atoms with Gasteiger partial charge in [-0.2, -0.15) is 0 Å². The van der Waals surface area contributed by atoms with Crippen LogP contribution in [0.4, 0.5) is 17.3 Å². The van der Waals surface area contributed by atoms with Crippen molar-refractivity contribution in [3.8, 4) is 0 Å². The predicted octanol–water partition coefficient (Wildman–Crippen LogP) is 1.71. The van der Waals surface area contributed by atoms with Crippen LogP contribution in [0, 0.1) is 6.92 Å². The van der Waals surface area contributed by atoms with Gasteiger partial charge in [0.1, 0.15) is 6.10 Å². The van der Waals surface area contributed by atoms with E-state index in [1.807, 2.05) is 6.92 Å². The lowest BCUT2D eigenvalue weighted by Crippen LogP contribution is -2.27. The Hall–Kier alpha value is -3.27. The van der Waals surface area contributed by atoms with Gasteiger partial charge in [0.25, 0.3) is 11.8 Å². The van der Waals surface area contributed by atoms with E-state index >= 15 is 0 Å². The van der Waals surface area contributed by atoms with Gasteiger partial charge >= 0.3 is 0 Å². The Morgan fingerprint density at radius 1 is 1.11 bits per heavy atom. The number of ether oxygens (including phenoxy) is 1. The van der Waals surface area contributed by atoms with E-state index in [-0.39, 0.29) is 23.5 Å². The summed E-state index contributed by atoms with van der Waals surface area (Å²) in [7, 11) is 0. The van der Waals surface area contributed by atoms with Crippen molar-refractivity contribution >= 4 is 35.0 Å². The Kier molecular flexibility index (Phi) is 5.46. The van der Waals surface area contributed by atoms with Crippen LogP contribution in [0.3, 0.4) is 0 Å². The summed E-state index contributed by atoms with van der Waals surface area (Å²) < 4.78 is 9.90. The number of hydrogen-bond acceptors (Lipinski definition) is 7. The molecule has 1 saturated heterocycles. The lowest BCUT2D eigenvalue weighted by molar-refractivity contribution is -0.124. The Bertz CT molecular complexity index is 872. The molecule has 2 aromatic rings.